The fraction of sp³-hybridized carbons (Fsp3) is 0.370. The molecular weight excluding hydrogens is 414 g/mol. The maximum Gasteiger partial charge on any atom is 0.282 e. The van der Waals surface area contributed by atoms with Crippen LogP contribution in [0, 0.1) is 23.2 Å². The number of carbonyl (C=O) groups is 2. The molecule has 1 saturated heterocycles. The Labute approximate surface area is 195 Å². The van der Waals surface area contributed by atoms with Crippen molar-refractivity contribution in [2.24, 2.45) is 11.8 Å². The fourth-order valence-corrected chi connectivity index (χ4v) is 4.20. The Bertz CT molecular complexity index is 1100. The summed E-state index contributed by atoms with van der Waals surface area (Å²) in [7, 11) is 0. The molecule has 2 aromatic carbocycles. The Morgan fingerprint density at radius 3 is 2.21 bits per heavy atom. The summed E-state index contributed by atoms with van der Waals surface area (Å²) in [4.78, 5) is 30.5. The predicted molar refractivity (Wildman–Crippen MR) is 127 cm³/mol. The third-order valence-electron chi connectivity index (χ3n) is 6.14. The van der Waals surface area contributed by atoms with Crippen LogP contribution in [0.15, 0.2) is 54.2 Å². The van der Waals surface area contributed by atoms with Gasteiger partial charge in [-0.25, -0.2) is 4.90 Å². The standard InChI is InChI=1S/C27H29N3O3/c1-18(2)17-33-23-10-6-21(7-11-23)24-25(29-14-12-19(3)13-15-29)27(32)30(26(24)31)22-8-4-20(16-28)5-9-22/h4-11,18-19H,12-15,17H2,1-3H3. The number of amides is 2. The van der Waals surface area contributed by atoms with E-state index in [2.05, 4.69) is 31.7 Å². The minimum absolute atomic E-state index is 0.311. The number of hydrogen-bond acceptors (Lipinski definition) is 5. The summed E-state index contributed by atoms with van der Waals surface area (Å²) in [6, 6.07) is 16.0. The van der Waals surface area contributed by atoms with Crippen molar-refractivity contribution < 1.29 is 14.3 Å². The molecule has 0 bridgehead atoms. The molecule has 0 aliphatic carbocycles. The molecule has 0 spiro atoms. The van der Waals surface area contributed by atoms with Gasteiger partial charge in [0.2, 0.25) is 0 Å². The molecule has 4 rings (SSSR count). The van der Waals surface area contributed by atoms with Gasteiger partial charge >= 0.3 is 0 Å². The number of likely N-dealkylation sites (tertiary alicyclic amines) is 1. The molecule has 2 amide bonds. The van der Waals surface area contributed by atoms with Crippen molar-refractivity contribution in [3.63, 3.8) is 0 Å². The van der Waals surface area contributed by atoms with Crippen LogP contribution in [-0.2, 0) is 9.59 Å². The minimum Gasteiger partial charge on any atom is -0.493 e. The first-order chi connectivity index (χ1) is 15.9. The molecular formula is C27H29N3O3. The van der Waals surface area contributed by atoms with E-state index in [9.17, 15) is 9.59 Å². The summed E-state index contributed by atoms with van der Waals surface area (Å²) in [6.45, 7) is 8.50. The lowest BCUT2D eigenvalue weighted by atomic mass is 9.97. The highest BCUT2D eigenvalue weighted by Crippen LogP contribution is 2.37. The van der Waals surface area contributed by atoms with E-state index >= 15 is 0 Å². The lowest BCUT2D eigenvalue weighted by Gasteiger charge is -2.32. The fourth-order valence-electron chi connectivity index (χ4n) is 4.20. The van der Waals surface area contributed by atoms with Gasteiger partial charge in [0.15, 0.2) is 0 Å². The lowest BCUT2D eigenvalue weighted by Crippen LogP contribution is -2.38. The topological polar surface area (TPSA) is 73.6 Å². The Morgan fingerprint density at radius 2 is 1.64 bits per heavy atom. The van der Waals surface area contributed by atoms with Crippen LogP contribution >= 0.6 is 0 Å². The number of piperidine rings is 1. The number of carbonyl (C=O) groups excluding carboxylic acids is 2. The molecule has 33 heavy (non-hydrogen) atoms. The number of ether oxygens (including phenoxy) is 1. The van der Waals surface area contributed by atoms with Crippen LogP contribution in [0.4, 0.5) is 5.69 Å². The van der Waals surface area contributed by atoms with Crippen LogP contribution in [0.1, 0.15) is 44.7 Å². The normalized spacial score (nSPS) is 17.2. The molecule has 0 aromatic heterocycles. The summed E-state index contributed by atoms with van der Waals surface area (Å²) >= 11 is 0. The molecule has 1 fully saturated rings. The van der Waals surface area contributed by atoms with E-state index in [0.717, 1.165) is 31.7 Å². The number of benzene rings is 2. The Hall–Kier alpha value is -3.59. The average Bonchev–Trinajstić information content (AvgIpc) is 3.08. The third kappa shape index (κ3) is 4.63. The largest absolute Gasteiger partial charge is 0.493 e. The zero-order chi connectivity index (χ0) is 23.5. The third-order valence-corrected chi connectivity index (χ3v) is 6.14. The number of nitrogens with zero attached hydrogens (tertiary/aromatic N) is 3. The molecule has 0 unspecified atom stereocenters. The second kappa shape index (κ2) is 9.50. The summed E-state index contributed by atoms with van der Waals surface area (Å²) in [5.41, 5.74) is 2.54. The van der Waals surface area contributed by atoms with Crippen molar-refractivity contribution in [3.05, 3.63) is 65.4 Å². The highest BCUT2D eigenvalue weighted by Gasteiger charge is 2.43. The second-order valence-corrected chi connectivity index (χ2v) is 9.23. The number of anilines is 1. The van der Waals surface area contributed by atoms with Crippen LogP contribution in [0.5, 0.6) is 5.75 Å². The predicted octanol–water partition coefficient (Wildman–Crippen LogP) is 4.61. The quantitative estimate of drug-likeness (QED) is 0.610. The van der Waals surface area contributed by atoms with Gasteiger partial charge in [-0.1, -0.05) is 32.9 Å². The molecule has 2 aromatic rings. The van der Waals surface area contributed by atoms with E-state index in [-0.39, 0.29) is 11.8 Å². The van der Waals surface area contributed by atoms with Gasteiger partial charge in [0.05, 0.1) is 29.5 Å². The monoisotopic (exact) mass is 443 g/mol. The van der Waals surface area contributed by atoms with Gasteiger partial charge in [-0.3, -0.25) is 9.59 Å². The van der Waals surface area contributed by atoms with Crippen molar-refractivity contribution >= 4 is 23.1 Å². The smallest absolute Gasteiger partial charge is 0.282 e. The average molecular weight is 444 g/mol. The molecule has 6 heteroatoms. The highest BCUT2D eigenvalue weighted by molar-refractivity contribution is 6.45. The van der Waals surface area contributed by atoms with Gasteiger partial charge < -0.3 is 9.64 Å². The number of imide groups is 1. The molecule has 2 aliphatic rings. The molecule has 0 saturated carbocycles. The van der Waals surface area contributed by atoms with Crippen molar-refractivity contribution in [2.75, 3.05) is 24.6 Å². The van der Waals surface area contributed by atoms with E-state index in [1.54, 1.807) is 24.3 Å². The van der Waals surface area contributed by atoms with E-state index in [4.69, 9.17) is 10.00 Å². The first-order valence-electron chi connectivity index (χ1n) is 11.5. The first kappa shape index (κ1) is 22.6. The summed E-state index contributed by atoms with van der Waals surface area (Å²) in [5, 5.41) is 9.09. The van der Waals surface area contributed by atoms with Gasteiger partial charge in [0.25, 0.3) is 11.8 Å². The van der Waals surface area contributed by atoms with Gasteiger partial charge in [-0.05, 0) is 66.6 Å². The maximum atomic E-state index is 13.6. The summed E-state index contributed by atoms with van der Waals surface area (Å²) in [5.74, 6) is 1.10. The van der Waals surface area contributed by atoms with Gasteiger partial charge in [-0.2, -0.15) is 5.26 Å². The second-order valence-electron chi connectivity index (χ2n) is 9.23. The van der Waals surface area contributed by atoms with Crippen LogP contribution in [-0.4, -0.2) is 36.4 Å². The summed E-state index contributed by atoms with van der Waals surface area (Å²) in [6.07, 6.45) is 1.97. The van der Waals surface area contributed by atoms with E-state index in [1.165, 1.54) is 4.90 Å². The van der Waals surface area contributed by atoms with Gasteiger partial charge in [0.1, 0.15) is 11.4 Å². The Morgan fingerprint density at radius 1 is 1.00 bits per heavy atom. The summed E-state index contributed by atoms with van der Waals surface area (Å²) < 4.78 is 5.79. The van der Waals surface area contributed by atoms with E-state index in [1.807, 2.05) is 24.3 Å². The molecule has 0 N–H and O–H groups in total. The Kier molecular flexibility index (Phi) is 6.50. The SMILES string of the molecule is CC(C)COc1ccc(C2=C(N3CCC(C)CC3)C(=O)N(c3ccc(C#N)cc3)C2=O)cc1. The number of rotatable bonds is 6. The maximum absolute atomic E-state index is 13.6. The van der Waals surface area contributed by atoms with Crippen LogP contribution < -0.4 is 9.64 Å². The highest BCUT2D eigenvalue weighted by atomic mass is 16.5. The lowest BCUT2D eigenvalue weighted by molar-refractivity contribution is -0.120. The van der Waals surface area contributed by atoms with Crippen LogP contribution in [0.25, 0.3) is 5.57 Å². The van der Waals surface area contributed by atoms with Gasteiger partial charge in [0, 0.05) is 13.1 Å². The van der Waals surface area contributed by atoms with E-state index in [0.29, 0.717) is 46.5 Å². The van der Waals surface area contributed by atoms with Crippen molar-refractivity contribution in [3.8, 4) is 11.8 Å². The van der Waals surface area contributed by atoms with Crippen molar-refractivity contribution in [2.45, 2.75) is 33.6 Å². The van der Waals surface area contributed by atoms with Gasteiger partial charge in [-0.15, -0.1) is 0 Å². The van der Waals surface area contributed by atoms with Crippen LogP contribution in [0.2, 0.25) is 0 Å². The molecule has 2 aliphatic heterocycles. The van der Waals surface area contributed by atoms with Crippen molar-refractivity contribution in [1.82, 2.24) is 4.90 Å². The molecule has 0 radical (unpaired) electrons. The Balaban J connectivity index is 1.71. The zero-order valence-electron chi connectivity index (χ0n) is 19.4. The van der Waals surface area contributed by atoms with Crippen LogP contribution in [0.3, 0.4) is 0 Å². The van der Waals surface area contributed by atoms with E-state index < -0.39 is 0 Å². The molecule has 6 nitrogen and oxygen atoms in total. The number of hydrogen-bond donors (Lipinski definition) is 0. The van der Waals surface area contributed by atoms with Crippen molar-refractivity contribution in [1.29, 1.82) is 5.26 Å². The minimum atomic E-state index is -0.339. The number of nitriles is 1. The zero-order valence-corrected chi connectivity index (χ0v) is 19.4. The molecule has 2 heterocycles. The first-order valence-corrected chi connectivity index (χ1v) is 11.5. The molecule has 0 atom stereocenters. The molecule has 170 valence electrons.